The third-order valence-corrected chi connectivity index (χ3v) is 4.18. The average molecular weight is 328 g/mol. The molecule has 0 saturated carbocycles. The van der Waals surface area contributed by atoms with E-state index in [4.69, 9.17) is 16.0 Å². The fourth-order valence-electron chi connectivity index (χ4n) is 2.55. The molecular formula is C13H18BrN3O2. The second-order valence-electron chi connectivity index (χ2n) is 4.73. The zero-order valence-corrected chi connectivity index (χ0v) is 12.2. The van der Waals surface area contributed by atoms with Crippen LogP contribution in [0.4, 0.5) is 5.69 Å². The van der Waals surface area contributed by atoms with E-state index < -0.39 is 0 Å². The maximum Gasteiger partial charge on any atom is 0.173 e. The third-order valence-electron chi connectivity index (χ3n) is 3.52. The number of aliphatic hydroxyl groups excluding tert-OH is 1. The van der Waals surface area contributed by atoms with Crippen molar-refractivity contribution >= 4 is 27.5 Å². The van der Waals surface area contributed by atoms with E-state index >= 15 is 0 Å². The van der Waals surface area contributed by atoms with E-state index in [0.717, 1.165) is 41.7 Å². The first-order valence-corrected chi connectivity index (χ1v) is 7.09. The van der Waals surface area contributed by atoms with Crippen LogP contribution < -0.4 is 10.6 Å². The lowest BCUT2D eigenvalue weighted by molar-refractivity contribution is 0.263. The fourth-order valence-corrected chi connectivity index (χ4v) is 3.11. The first-order chi connectivity index (χ1) is 9.17. The molecule has 2 rings (SSSR count). The van der Waals surface area contributed by atoms with E-state index in [1.54, 1.807) is 0 Å². The van der Waals surface area contributed by atoms with Gasteiger partial charge in [0, 0.05) is 29.9 Å². The normalized spacial score (nSPS) is 20.0. The van der Waals surface area contributed by atoms with Crippen LogP contribution in [-0.4, -0.2) is 35.8 Å². The van der Waals surface area contributed by atoms with Gasteiger partial charge in [0.15, 0.2) is 5.84 Å². The van der Waals surface area contributed by atoms with Crippen LogP contribution in [0.15, 0.2) is 27.8 Å². The van der Waals surface area contributed by atoms with Crippen LogP contribution in [0.25, 0.3) is 0 Å². The van der Waals surface area contributed by atoms with E-state index in [1.807, 2.05) is 18.2 Å². The van der Waals surface area contributed by atoms with Crippen molar-refractivity contribution in [1.29, 1.82) is 0 Å². The van der Waals surface area contributed by atoms with Gasteiger partial charge in [-0.2, -0.15) is 0 Å². The maximum absolute atomic E-state index is 9.01. The lowest BCUT2D eigenvalue weighted by atomic mass is 10.1. The Balaban J connectivity index is 2.28. The second kappa shape index (κ2) is 6.25. The summed E-state index contributed by atoms with van der Waals surface area (Å²) in [6, 6.07) is 5.78. The molecule has 1 heterocycles. The zero-order chi connectivity index (χ0) is 13.8. The summed E-state index contributed by atoms with van der Waals surface area (Å²) in [6.45, 7) is 2.04. The van der Waals surface area contributed by atoms with Gasteiger partial charge in [0.1, 0.15) is 0 Å². The van der Waals surface area contributed by atoms with Crippen LogP contribution in [0.5, 0.6) is 0 Å². The van der Waals surface area contributed by atoms with Gasteiger partial charge >= 0.3 is 0 Å². The van der Waals surface area contributed by atoms with Crippen molar-refractivity contribution in [2.45, 2.75) is 12.8 Å². The molecule has 4 N–H and O–H groups in total. The van der Waals surface area contributed by atoms with Crippen molar-refractivity contribution in [2.75, 3.05) is 24.6 Å². The van der Waals surface area contributed by atoms with Crippen molar-refractivity contribution in [3.05, 3.63) is 28.2 Å². The fraction of sp³-hybridized carbons (Fsp3) is 0.462. The number of oxime groups is 1. The van der Waals surface area contributed by atoms with E-state index in [-0.39, 0.29) is 12.4 Å². The largest absolute Gasteiger partial charge is 0.409 e. The van der Waals surface area contributed by atoms with Gasteiger partial charge in [-0.1, -0.05) is 11.2 Å². The molecule has 1 aliphatic rings. The number of amidine groups is 1. The van der Waals surface area contributed by atoms with Crippen molar-refractivity contribution in [1.82, 2.24) is 0 Å². The number of rotatable bonds is 4. The summed E-state index contributed by atoms with van der Waals surface area (Å²) in [6.07, 6.45) is 1.88. The molecular weight excluding hydrogens is 310 g/mol. The molecule has 5 nitrogen and oxygen atoms in total. The van der Waals surface area contributed by atoms with Crippen LogP contribution in [0.3, 0.4) is 0 Å². The van der Waals surface area contributed by atoms with Gasteiger partial charge in [-0.3, -0.25) is 0 Å². The Bertz CT molecular complexity index is 479. The topological polar surface area (TPSA) is 82.1 Å². The molecule has 1 atom stereocenters. The van der Waals surface area contributed by atoms with Gasteiger partial charge in [0.2, 0.25) is 0 Å². The van der Waals surface area contributed by atoms with Crippen molar-refractivity contribution in [3.8, 4) is 0 Å². The van der Waals surface area contributed by atoms with E-state index in [1.165, 1.54) is 0 Å². The summed E-state index contributed by atoms with van der Waals surface area (Å²) in [5.74, 6) is 0.609. The standard InChI is InChI=1S/C13H18BrN3O2/c14-10-2-1-3-11(12(10)13(15)16-19)17-6-4-9(8-17)5-7-18/h1-3,9,18-19H,4-8H2,(H2,15,16). The molecule has 0 amide bonds. The Morgan fingerprint density at radius 1 is 1.53 bits per heavy atom. The van der Waals surface area contributed by atoms with Crippen LogP contribution in [-0.2, 0) is 0 Å². The minimum atomic E-state index is 0.105. The number of nitrogens with two attached hydrogens (primary N) is 1. The van der Waals surface area contributed by atoms with Gasteiger partial charge in [-0.05, 0) is 46.8 Å². The third kappa shape index (κ3) is 3.01. The van der Waals surface area contributed by atoms with Gasteiger partial charge in [-0.15, -0.1) is 0 Å². The van der Waals surface area contributed by atoms with Crippen LogP contribution in [0, 0.1) is 5.92 Å². The van der Waals surface area contributed by atoms with Crippen LogP contribution in [0.2, 0.25) is 0 Å². The quantitative estimate of drug-likeness (QED) is 0.340. The molecule has 1 fully saturated rings. The predicted octanol–water partition coefficient (Wildman–Crippen LogP) is 1.75. The summed E-state index contributed by atoms with van der Waals surface area (Å²) >= 11 is 3.44. The van der Waals surface area contributed by atoms with Crippen LogP contribution >= 0.6 is 15.9 Å². The molecule has 1 aliphatic heterocycles. The molecule has 0 bridgehead atoms. The number of halogens is 1. The molecule has 19 heavy (non-hydrogen) atoms. The highest BCUT2D eigenvalue weighted by Crippen LogP contribution is 2.32. The van der Waals surface area contributed by atoms with Gasteiger partial charge in [-0.25, -0.2) is 0 Å². The minimum absolute atomic E-state index is 0.105. The smallest absolute Gasteiger partial charge is 0.173 e. The first-order valence-electron chi connectivity index (χ1n) is 6.29. The van der Waals surface area contributed by atoms with Gasteiger partial charge in [0.25, 0.3) is 0 Å². The number of hydrogen-bond acceptors (Lipinski definition) is 4. The Morgan fingerprint density at radius 3 is 3.00 bits per heavy atom. The van der Waals surface area contributed by atoms with Crippen molar-refractivity contribution in [3.63, 3.8) is 0 Å². The zero-order valence-electron chi connectivity index (χ0n) is 10.6. The van der Waals surface area contributed by atoms with Gasteiger partial charge < -0.3 is 20.9 Å². The maximum atomic E-state index is 9.01. The Hall–Kier alpha value is -1.27. The Kier molecular flexibility index (Phi) is 4.66. The molecule has 0 spiro atoms. The Morgan fingerprint density at radius 2 is 2.32 bits per heavy atom. The molecule has 6 heteroatoms. The van der Waals surface area contributed by atoms with Gasteiger partial charge in [0.05, 0.1) is 5.56 Å². The van der Waals surface area contributed by atoms with E-state index in [9.17, 15) is 0 Å². The highest BCUT2D eigenvalue weighted by molar-refractivity contribution is 9.10. The second-order valence-corrected chi connectivity index (χ2v) is 5.59. The molecule has 1 aromatic rings. The summed E-state index contributed by atoms with van der Waals surface area (Å²) < 4.78 is 0.811. The predicted molar refractivity (Wildman–Crippen MR) is 78.7 cm³/mol. The molecule has 1 unspecified atom stereocenters. The lowest BCUT2D eigenvalue weighted by Crippen LogP contribution is -2.25. The first kappa shape index (κ1) is 14.1. The monoisotopic (exact) mass is 327 g/mol. The summed E-state index contributed by atoms with van der Waals surface area (Å²) in [5, 5.41) is 21.0. The SMILES string of the molecule is N/C(=N/O)c1c(Br)cccc1N1CCC(CCO)C1. The summed E-state index contributed by atoms with van der Waals surface area (Å²) in [4.78, 5) is 2.22. The highest BCUT2D eigenvalue weighted by atomic mass is 79.9. The molecule has 1 aromatic carbocycles. The van der Waals surface area contributed by atoms with E-state index in [2.05, 4.69) is 26.0 Å². The van der Waals surface area contributed by atoms with Crippen molar-refractivity contribution < 1.29 is 10.3 Å². The molecule has 0 radical (unpaired) electrons. The Labute approximate surface area is 120 Å². The van der Waals surface area contributed by atoms with Crippen molar-refractivity contribution in [2.24, 2.45) is 16.8 Å². The average Bonchev–Trinajstić information content (AvgIpc) is 2.86. The minimum Gasteiger partial charge on any atom is -0.409 e. The summed E-state index contributed by atoms with van der Waals surface area (Å²) in [7, 11) is 0. The number of anilines is 1. The number of aliphatic hydroxyl groups is 1. The molecule has 0 aromatic heterocycles. The molecule has 0 aliphatic carbocycles. The van der Waals surface area contributed by atoms with E-state index in [0.29, 0.717) is 5.92 Å². The molecule has 104 valence electrons. The number of benzene rings is 1. The lowest BCUT2D eigenvalue weighted by Gasteiger charge is -2.22. The molecule has 1 saturated heterocycles. The highest BCUT2D eigenvalue weighted by Gasteiger charge is 2.25. The number of hydrogen-bond donors (Lipinski definition) is 3. The van der Waals surface area contributed by atoms with Crippen LogP contribution in [0.1, 0.15) is 18.4 Å². The summed E-state index contributed by atoms with van der Waals surface area (Å²) in [5.41, 5.74) is 7.44. The number of nitrogens with zero attached hydrogens (tertiary/aromatic N) is 2.